The maximum Gasteiger partial charge on any atom is 0.305 e. The monoisotopic (exact) mass is 348 g/mol. The Morgan fingerprint density at radius 3 is 2.88 bits per heavy atom. The molecule has 2 aromatic heterocycles. The first kappa shape index (κ1) is 16.9. The molecule has 0 bridgehead atoms. The van der Waals surface area contributed by atoms with Gasteiger partial charge in [0.05, 0.1) is 11.9 Å². The van der Waals surface area contributed by atoms with Gasteiger partial charge in [0, 0.05) is 30.2 Å². The lowest BCUT2D eigenvalue weighted by Crippen LogP contribution is -2.45. The van der Waals surface area contributed by atoms with Crippen LogP contribution in [-0.2, 0) is 4.79 Å². The maximum absolute atomic E-state index is 11.0. The summed E-state index contributed by atoms with van der Waals surface area (Å²) < 4.78 is 0. The van der Waals surface area contributed by atoms with Gasteiger partial charge in [-0.05, 0) is 45.1 Å². The van der Waals surface area contributed by atoms with E-state index in [1.807, 2.05) is 12.1 Å². The van der Waals surface area contributed by atoms with Crippen LogP contribution in [0.2, 0.25) is 5.15 Å². The number of carboxylic acids is 1. The Morgan fingerprint density at radius 2 is 2.17 bits per heavy atom. The Balaban J connectivity index is 1.90. The molecule has 24 heavy (non-hydrogen) atoms. The van der Waals surface area contributed by atoms with E-state index >= 15 is 0 Å². The van der Waals surface area contributed by atoms with Crippen LogP contribution in [0.15, 0.2) is 24.4 Å². The van der Waals surface area contributed by atoms with E-state index in [4.69, 9.17) is 21.7 Å². The summed E-state index contributed by atoms with van der Waals surface area (Å²) in [6.07, 6.45) is 3.81. The molecule has 1 aliphatic rings. The first-order chi connectivity index (χ1) is 11.5. The van der Waals surface area contributed by atoms with E-state index < -0.39 is 5.97 Å². The van der Waals surface area contributed by atoms with Gasteiger partial charge in [0.25, 0.3) is 0 Å². The van der Waals surface area contributed by atoms with Gasteiger partial charge in [-0.1, -0.05) is 11.6 Å². The number of likely N-dealkylation sites (tertiary alicyclic amines) is 1. The summed E-state index contributed by atoms with van der Waals surface area (Å²) in [7, 11) is 2.11. The molecule has 0 spiro atoms. The molecule has 1 N–H and O–H groups in total. The minimum Gasteiger partial charge on any atom is -0.481 e. The molecule has 0 radical (unpaired) electrons. The maximum atomic E-state index is 11.0. The van der Waals surface area contributed by atoms with E-state index in [1.54, 1.807) is 12.3 Å². The first-order valence-electron chi connectivity index (χ1n) is 8.12. The fourth-order valence-electron chi connectivity index (χ4n) is 3.15. The largest absolute Gasteiger partial charge is 0.481 e. The second-order valence-corrected chi connectivity index (χ2v) is 6.63. The number of anilines is 1. The molecule has 0 aliphatic carbocycles. The van der Waals surface area contributed by atoms with Gasteiger partial charge in [0.2, 0.25) is 0 Å². The van der Waals surface area contributed by atoms with Crippen LogP contribution in [0.5, 0.6) is 0 Å². The van der Waals surface area contributed by atoms with Gasteiger partial charge in [0.1, 0.15) is 11.0 Å². The normalized spacial score (nSPS) is 16.4. The first-order valence-corrected chi connectivity index (χ1v) is 8.50. The summed E-state index contributed by atoms with van der Waals surface area (Å²) in [6, 6.07) is 5.95. The minimum atomic E-state index is -0.791. The van der Waals surface area contributed by atoms with E-state index in [9.17, 15) is 4.79 Å². The molecule has 1 fully saturated rings. The third-order valence-electron chi connectivity index (χ3n) is 4.52. The van der Waals surface area contributed by atoms with Crippen LogP contribution in [0.4, 0.5) is 5.82 Å². The van der Waals surface area contributed by atoms with Crippen LogP contribution in [-0.4, -0.2) is 58.7 Å². The Bertz CT molecular complexity index is 732. The summed E-state index contributed by atoms with van der Waals surface area (Å²) in [5.41, 5.74) is 0.778. The number of nitrogens with zero attached hydrogens (tertiary/aromatic N) is 4. The smallest absolute Gasteiger partial charge is 0.305 e. The summed E-state index contributed by atoms with van der Waals surface area (Å²) in [6.45, 7) is 2.48. The van der Waals surface area contributed by atoms with Crippen LogP contribution in [0, 0.1) is 0 Å². The zero-order valence-electron chi connectivity index (χ0n) is 13.7. The molecule has 128 valence electrons. The van der Waals surface area contributed by atoms with E-state index in [-0.39, 0.29) is 6.42 Å². The van der Waals surface area contributed by atoms with Gasteiger partial charge >= 0.3 is 5.97 Å². The van der Waals surface area contributed by atoms with Gasteiger partial charge < -0.3 is 14.9 Å². The van der Waals surface area contributed by atoms with Crippen LogP contribution in [0.25, 0.3) is 10.9 Å². The molecule has 2 aromatic rings. The van der Waals surface area contributed by atoms with Gasteiger partial charge in [-0.3, -0.25) is 4.79 Å². The van der Waals surface area contributed by atoms with Crippen molar-refractivity contribution in [2.24, 2.45) is 0 Å². The number of aliphatic carboxylic acids is 1. The minimum absolute atomic E-state index is 0.100. The highest BCUT2D eigenvalue weighted by molar-refractivity contribution is 6.29. The van der Waals surface area contributed by atoms with Gasteiger partial charge in [-0.2, -0.15) is 0 Å². The quantitative estimate of drug-likeness (QED) is 0.838. The lowest BCUT2D eigenvalue weighted by Gasteiger charge is -2.38. The number of hydrogen-bond acceptors (Lipinski definition) is 5. The van der Waals surface area contributed by atoms with Crippen molar-refractivity contribution in [3.63, 3.8) is 0 Å². The SMILES string of the molecule is CN1CCC(N(CCC(=O)O)c2ccc3cnc(Cl)cc3n2)CC1. The second kappa shape index (κ2) is 7.32. The Morgan fingerprint density at radius 1 is 1.42 bits per heavy atom. The number of piperidine rings is 1. The van der Waals surface area contributed by atoms with E-state index in [2.05, 4.69) is 21.8 Å². The molecule has 3 heterocycles. The highest BCUT2D eigenvalue weighted by Crippen LogP contribution is 2.25. The summed E-state index contributed by atoms with van der Waals surface area (Å²) in [5, 5.41) is 10.4. The van der Waals surface area contributed by atoms with Crippen LogP contribution >= 0.6 is 11.6 Å². The molecular weight excluding hydrogens is 328 g/mol. The number of carboxylic acid groups (broad SMARTS) is 1. The van der Waals surface area contributed by atoms with Gasteiger partial charge in [-0.25, -0.2) is 9.97 Å². The lowest BCUT2D eigenvalue weighted by atomic mass is 10.0. The highest BCUT2D eigenvalue weighted by Gasteiger charge is 2.24. The third kappa shape index (κ3) is 3.94. The summed E-state index contributed by atoms with van der Waals surface area (Å²) in [5.74, 6) is 0.0153. The van der Waals surface area contributed by atoms with Crippen molar-refractivity contribution in [2.75, 3.05) is 31.6 Å². The van der Waals surface area contributed by atoms with Crippen molar-refractivity contribution in [1.29, 1.82) is 0 Å². The zero-order valence-corrected chi connectivity index (χ0v) is 14.4. The summed E-state index contributed by atoms with van der Waals surface area (Å²) >= 11 is 5.97. The third-order valence-corrected chi connectivity index (χ3v) is 4.72. The van der Waals surface area contributed by atoms with E-state index in [0.29, 0.717) is 17.7 Å². The van der Waals surface area contributed by atoms with E-state index in [1.165, 1.54) is 0 Å². The van der Waals surface area contributed by atoms with Crippen LogP contribution in [0.3, 0.4) is 0 Å². The lowest BCUT2D eigenvalue weighted by molar-refractivity contribution is -0.136. The zero-order chi connectivity index (χ0) is 17.1. The standard InChI is InChI=1S/C17H21ClN4O2/c1-21-7-4-13(5-8-21)22(9-6-17(23)24)16-3-2-12-11-19-15(18)10-14(12)20-16/h2-3,10-11,13H,4-9H2,1H3,(H,23,24). The molecule has 0 saturated carbocycles. The fraction of sp³-hybridized carbons (Fsp3) is 0.471. The number of hydrogen-bond donors (Lipinski definition) is 1. The van der Waals surface area contributed by atoms with Crippen molar-refractivity contribution in [1.82, 2.24) is 14.9 Å². The number of aromatic nitrogens is 2. The van der Waals surface area contributed by atoms with Crippen molar-refractivity contribution in [3.8, 4) is 0 Å². The predicted molar refractivity (Wildman–Crippen MR) is 94.7 cm³/mol. The number of carbonyl (C=O) groups is 1. The Labute approximate surface area is 146 Å². The second-order valence-electron chi connectivity index (χ2n) is 6.24. The molecule has 7 heteroatoms. The average molecular weight is 349 g/mol. The molecule has 1 aliphatic heterocycles. The molecule has 0 aromatic carbocycles. The van der Waals surface area contributed by atoms with E-state index in [0.717, 1.165) is 42.7 Å². The number of rotatable bonds is 5. The fourth-order valence-corrected chi connectivity index (χ4v) is 3.30. The molecule has 6 nitrogen and oxygen atoms in total. The van der Waals surface area contributed by atoms with Crippen molar-refractivity contribution in [3.05, 3.63) is 29.5 Å². The molecular formula is C17H21ClN4O2. The Hall–Kier alpha value is -1.92. The topological polar surface area (TPSA) is 69.6 Å². The van der Waals surface area contributed by atoms with Crippen molar-refractivity contribution in [2.45, 2.75) is 25.3 Å². The van der Waals surface area contributed by atoms with Crippen molar-refractivity contribution < 1.29 is 9.90 Å². The average Bonchev–Trinajstić information content (AvgIpc) is 2.56. The molecule has 1 saturated heterocycles. The van der Waals surface area contributed by atoms with Gasteiger partial charge in [0.15, 0.2) is 0 Å². The van der Waals surface area contributed by atoms with Crippen molar-refractivity contribution >= 4 is 34.3 Å². The molecule has 3 rings (SSSR count). The highest BCUT2D eigenvalue weighted by atomic mass is 35.5. The molecule has 0 unspecified atom stereocenters. The van der Waals surface area contributed by atoms with Crippen LogP contribution in [0.1, 0.15) is 19.3 Å². The predicted octanol–water partition coefficient (Wildman–Crippen LogP) is 2.66. The molecule has 0 atom stereocenters. The number of fused-ring (bicyclic) bond motifs is 1. The summed E-state index contributed by atoms with van der Waals surface area (Å²) in [4.78, 5) is 24.2. The Kier molecular flexibility index (Phi) is 5.16. The number of pyridine rings is 2. The van der Waals surface area contributed by atoms with Crippen LogP contribution < -0.4 is 4.90 Å². The molecule has 0 amide bonds. The number of halogens is 1. The van der Waals surface area contributed by atoms with Gasteiger partial charge in [-0.15, -0.1) is 0 Å².